The first kappa shape index (κ1) is 19.7. The van der Waals surface area contributed by atoms with Gasteiger partial charge >= 0.3 is 0 Å². The van der Waals surface area contributed by atoms with Crippen molar-refractivity contribution in [3.63, 3.8) is 0 Å². The lowest BCUT2D eigenvalue weighted by molar-refractivity contribution is 0.284. The van der Waals surface area contributed by atoms with Crippen LogP contribution in [0.15, 0.2) is 60.7 Å². The van der Waals surface area contributed by atoms with Crippen LogP contribution in [0.3, 0.4) is 0 Å². The first-order valence-electron chi connectivity index (χ1n) is 8.28. The Bertz CT molecular complexity index is 914. The fourth-order valence-electron chi connectivity index (χ4n) is 2.51. The molecular formula is C21H18Cl3NO2. The van der Waals surface area contributed by atoms with E-state index in [2.05, 4.69) is 5.32 Å². The second-order valence-corrected chi connectivity index (χ2v) is 7.16. The minimum absolute atomic E-state index is 0.434. The summed E-state index contributed by atoms with van der Waals surface area (Å²) >= 11 is 18.1. The highest BCUT2D eigenvalue weighted by Crippen LogP contribution is 2.30. The Morgan fingerprint density at radius 3 is 2.22 bits per heavy atom. The van der Waals surface area contributed by atoms with Crippen molar-refractivity contribution in [3.05, 3.63) is 86.9 Å². The van der Waals surface area contributed by atoms with E-state index >= 15 is 0 Å². The number of halogens is 3. The van der Waals surface area contributed by atoms with Gasteiger partial charge in [-0.15, -0.1) is 0 Å². The Balaban J connectivity index is 1.66. The number of benzene rings is 3. The van der Waals surface area contributed by atoms with Gasteiger partial charge in [0.25, 0.3) is 0 Å². The van der Waals surface area contributed by atoms with Gasteiger partial charge in [-0.3, -0.25) is 0 Å². The minimum Gasteiger partial charge on any atom is -0.493 e. The number of hydrogen-bond donors (Lipinski definition) is 1. The van der Waals surface area contributed by atoms with Gasteiger partial charge in [-0.1, -0.05) is 53.0 Å². The molecule has 0 aliphatic carbocycles. The van der Waals surface area contributed by atoms with Crippen LogP contribution < -0.4 is 14.8 Å². The lowest BCUT2D eigenvalue weighted by Crippen LogP contribution is -2.02. The highest BCUT2D eigenvalue weighted by Gasteiger charge is 2.08. The molecule has 3 aromatic carbocycles. The van der Waals surface area contributed by atoms with Crippen molar-refractivity contribution >= 4 is 40.5 Å². The van der Waals surface area contributed by atoms with Gasteiger partial charge in [-0.25, -0.2) is 0 Å². The Labute approximate surface area is 173 Å². The lowest BCUT2D eigenvalue weighted by atomic mass is 10.2. The summed E-state index contributed by atoms with van der Waals surface area (Å²) in [6.07, 6.45) is 0. The van der Waals surface area contributed by atoms with E-state index in [0.29, 0.717) is 39.7 Å². The van der Waals surface area contributed by atoms with Crippen LogP contribution in [0, 0.1) is 0 Å². The molecular weight excluding hydrogens is 405 g/mol. The summed E-state index contributed by atoms with van der Waals surface area (Å²) < 4.78 is 11.3. The van der Waals surface area contributed by atoms with Crippen LogP contribution in [-0.2, 0) is 13.2 Å². The fraction of sp³-hybridized carbons (Fsp3) is 0.143. The number of nitrogens with one attached hydrogen (secondary N) is 1. The van der Waals surface area contributed by atoms with Gasteiger partial charge in [0.15, 0.2) is 11.5 Å². The van der Waals surface area contributed by atoms with Crippen LogP contribution in [-0.4, -0.2) is 7.11 Å². The SMILES string of the molecule is COc1cc(CNc2cc(Cl)ccc2Cl)ccc1OCc1ccc(Cl)cc1. The van der Waals surface area contributed by atoms with E-state index in [-0.39, 0.29) is 0 Å². The normalized spacial score (nSPS) is 10.5. The second kappa shape index (κ2) is 9.23. The van der Waals surface area contributed by atoms with E-state index in [1.165, 1.54) is 0 Å². The molecule has 0 unspecified atom stereocenters. The quantitative estimate of drug-likeness (QED) is 0.452. The molecule has 0 aliphatic heterocycles. The molecule has 0 radical (unpaired) electrons. The van der Waals surface area contributed by atoms with Crippen LogP contribution in [0.1, 0.15) is 11.1 Å². The molecule has 0 amide bonds. The molecule has 0 aliphatic rings. The Kier molecular flexibility index (Phi) is 6.73. The van der Waals surface area contributed by atoms with Crippen LogP contribution in [0.25, 0.3) is 0 Å². The highest BCUT2D eigenvalue weighted by molar-refractivity contribution is 6.35. The number of anilines is 1. The average molecular weight is 423 g/mol. The minimum atomic E-state index is 0.434. The second-order valence-electron chi connectivity index (χ2n) is 5.88. The van der Waals surface area contributed by atoms with Gasteiger partial charge in [0.1, 0.15) is 6.61 Å². The van der Waals surface area contributed by atoms with Crippen molar-refractivity contribution < 1.29 is 9.47 Å². The van der Waals surface area contributed by atoms with Gasteiger partial charge in [-0.05, 0) is 53.6 Å². The molecule has 140 valence electrons. The Morgan fingerprint density at radius 1 is 0.778 bits per heavy atom. The molecule has 27 heavy (non-hydrogen) atoms. The molecule has 3 nitrogen and oxygen atoms in total. The molecule has 0 heterocycles. The first-order chi connectivity index (χ1) is 13.0. The summed E-state index contributed by atoms with van der Waals surface area (Å²) in [4.78, 5) is 0. The van der Waals surface area contributed by atoms with Crippen molar-refractivity contribution in [1.82, 2.24) is 0 Å². The third-order valence-electron chi connectivity index (χ3n) is 3.95. The predicted molar refractivity (Wildman–Crippen MR) is 113 cm³/mol. The maximum atomic E-state index is 6.18. The summed E-state index contributed by atoms with van der Waals surface area (Å²) in [5.41, 5.74) is 2.84. The predicted octanol–water partition coefficient (Wildman–Crippen LogP) is 6.85. The van der Waals surface area contributed by atoms with Gasteiger partial charge < -0.3 is 14.8 Å². The number of rotatable bonds is 7. The van der Waals surface area contributed by atoms with Crippen LogP contribution in [0.5, 0.6) is 11.5 Å². The van der Waals surface area contributed by atoms with Crippen molar-refractivity contribution in [2.24, 2.45) is 0 Å². The average Bonchev–Trinajstić information content (AvgIpc) is 2.68. The van der Waals surface area contributed by atoms with Crippen molar-refractivity contribution in [2.45, 2.75) is 13.2 Å². The van der Waals surface area contributed by atoms with E-state index in [1.807, 2.05) is 42.5 Å². The van der Waals surface area contributed by atoms with E-state index in [0.717, 1.165) is 16.8 Å². The standard InChI is InChI=1S/C21H18Cl3NO2/c1-26-21-10-15(12-25-19-11-17(23)7-8-18(19)24)4-9-20(21)27-13-14-2-5-16(22)6-3-14/h2-11,25H,12-13H2,1H3. The monoisotopic (exact) mass is 421 g/mol. The van der Waals surface area contributed by atoms with Crippen molar-refractivity contribution in [3.8, 4) is 11.5 Å². The zero-order chi connectivity index (χ0) is 19.2. The fourth-order valence-corrected chi connectivity index (χ4v) is 3.00. The number of methoxy groups -OCH3 is 1. The molecule has 1 N–H and O–H groups in total. The molecule has 0 aromatic heterocycles. The molecule has 0 bridgehead atoms. The summed E-state index contributed by atoms with van der Waals surface area (Å²) in [6.45, 7) is 1.01. The highest BCUT2D eigenvalue weighted by atomic mass is 35.5. The molecule has 3 rings (SSSR count). The summed E-state index contributed by atoms with van der Waals surface area (Å²) in [5, 5.41) is 5.23. The Hall–Kier alpha value is -2.07. The molecule has 0 saturated carbocycles. The van der Waals surface area contributed by atoms with Crippen molar-refractivity contribution in [2.75, 3.05) is 12.4 Å². The third-order valence-corrected chi connectivity index (χ3v) is 4.76. The van der Waals surface area contributed by atoms with Gasteiger partial charge in [0.05, 0.1) is 17.8 Å². The maximum absolute atomic E-state index is 6.18. The van der Waals surface area contributed by atoms with E-state index in [9.17, 15) is 0 Å². The molecule has 0 fully saturated rings. The maximum Gasteiger partial charge on any atom is 0.161 e. The lowest BCUT2D eigenvalue weighted by Gasteiger charge is -2.14. The van der Waals surface area contributed by atoms with Gasteiger partial charge in [0.2, 0.25) is 0 Å². The summed E-state index contributed by atoms with van der Waals surface area (Å²) in [6, 6.07) is 18.7. The van der Waals surface area contributed by atoms with E-state index < -0.39 is 0 Å². The third kappa shape index (κ3) is 5.46. The first-order valence-corrected chi connectivity index (χ1v) is 9.41. The van der Waals surface area contributed by atoms with Crippen LogP contribution in [0.2, 0.25) is 15.1 Å². The Morgan fingerprint density at radius 2 is 1.48 bits per heavy atom. The number of hydrogen-bond acceptors (Lipinski definition) is 3. The van der Waals surface area contributed by atoms with Crippen molar-refractivity contribution in [1.29, 1.82) is 0 Å². The molecule has 0 spiro atoms. The van der Waals surface area contributed by atoms with Crippen LogP contribution in [0.4, 0.5) is 5.69 Å². The van der Waals surface area contributed by atoms with Gasteiger partial charge in [0, 0.05) is 16.6 Å². The zero-order valence-electron chi connectivity index (χ0n) is 14.6. The topological polar surface area (TPSA) is 30.5 Å². The molecule has 3 aromatic rings. The van der Waals surface area contributed by atoms with Gasteiger partial charge in [-0.2, -0.15) is 0 Å². The largest absolute Gasteiger partial charge is 0.493 e. The zero-order valence-corrected chi connectivity index (χ0v) is 16.9. The van der Waals surface area contributed by atoms with E-state index in [4.69, 9.17) is 44.3 Å². The molecule has 0 saturated heterocycles. The molecule has 0 atom stereocenters. The molecule has 6 heteroatoms. The van der Waals surface area contributed by atoms with E-state index in [1.54, 1.807) is 25.3 Å². The smallest absolute Gasteiger partial charge is 0.161 e. The summed E-state index contributed by atoms with van der Waals surface area (Å²) in [5.74, 6) is 1.34. The number of ether oxygens (including phenoxy) is 2. The van der Waals surface area contributed by atoms with Crippen LogP contribution >= 0.6 is 34.8 Å². The summed E-state index contributed by atoms with van der Waals surface area (Å²) in [7, 11) is 1.62.